The van der Waals surface area contributed by atoms with Crippen LogP contribution in [0.15, 0.2) is 35.0 Å². The van der Waals surface area contributed by atoms with Crippen molar-refractivity contribution in [3.63, 3.8) is 0 Å². The topological polar surface area (TPSA) is 78.0 Å². The molecule has 0 amide bonds. The highest BCUT2D eigenvalue weighted by Gasteiger charge is 2.17. The standard InChI is InChI=1S/C16H18ClN5O2/c1-10(16-20-15(9-23-3)21-24-16)19-14-8-18-22(11(14)2)13-6-4-5-12(17)7-13/h4-8,10,19H,9H2,1-3H3. The monoisotopic (exact) mass is 347 g/mol. The second kappa shape index (κ2) is 7.02. The normalized spacial score (nSPS) is 12.3. The van der Waals surface area contributed by atoms with Gasteiger partial charge in [0.25, 0.3) is 0 Å². The summed E-state index contributed by atoms with van der Waals surface area (Å²) in [4.78, 5) is 4.29. The van der Waals surface area contributed by atoms with Gasteiger partial charge in [0.2, 0.25) is 5.89 Å². The molecule has 0 aliphatic rings. The highest BCUT2D eigenvalue weighted by atomic mass is 35.5. The van der Waals surface area contributed by atoms with Crippen molar-refractivity contribution in [1.29, 1.82) is 0 Å². The maximum Gasteiger partial charge on any atom is 0.248 e. The first kappa shape index (κ1) is 16.5. The van der Waals surface area contributed by atoms with E-state index in [2.05, 4.69) is 20.6 Å². The molecule has 2 aromatic heterocycles. The summed E-state index contributed by atoms with van der Waals surface area (Å²) in [5.41, 5.74) is 2.75. The number of anilines is 1. The van der Waals surface area contributed by atoms with Crippen molar-refractivity contribution in [1.82, 2.24) is 19.9 Å². The molecule has 126 valence electrons. The Hall–Kier alpha value is -2.38. The van der Waals surface area contributed by atoms with Crippen molar-refractivity contribution >= 4 is 17.3 Å². The Morgan fingerprint density at radius 2 is 2.25 bits per heavy atom. The molecule has 1 aromatic carbocycles. The molecule has 2 heterocycles. The SMILES string of the molecule is COCc1noc(C(C)Nc2cnn(-c3cccc(Cl)c3)c2C)n1. The van der Waals surface area contributed by atoms with Gasteiger partial charge in [0.1, 0.15) is 12.6 Å². The number of hydrogen-bond acceptors (Lipinski definition) is 6. The van der Waals surface area contributed by atoms with Gasteiger partial charge in [-0.3, -0.25) is 0 Å². The van der Waals surface area contributed by atoms with Crippen LogP contribution < -0.4 is 5.32 Å². The average molecular weight is 348 g/mol. The van der Waals surface area contributed by atoms with Crippen molar-refractivity contribution in [2.24, 2.45) is 0 Å². The third-order valence-corrected chi connectivity index (χ3v) is 3.80. The minimum absolute atomic E-state index is 0.154. The van der Waals surface area contributed by atoms with Gasteiger partial charge in [0, 0.05) is 12.1 Å². The van der Waals surface area contributed by atoms with Crippen molar-refractivity contribution in [3.8, 4) is 5.69 Å². The molecule has 8 heteroatoms. The Morgan fingerprint density at radius 3 is 3.00 bits per heavy atom. The lowest BCUT2D eigenvalue weighted by Crippen LogP contribution is -2.08. The average Bonchev–Trinajstić information content (AvgIpc) is 3.16. The van der Waals surface area contributed by atoms with E-state index in [1.165, 1.54) is 0 Å². The molecule has 7 nitrogen and oxygen atoms in total. The molecule has 0 aliphatic carbocycles. The fraction of sp³-hybridized carbons (Fsp3) is 0.312. The van der Waals surface area contributed by atoms with Crippen LogP contribution >= 0.6 is 11.6 Å². The smallest absolute Gasteiger partial charge is 0.248 e. The zero-order chi connectivity index (χ0) is 17.1. The second-order valence-corrected chi connectivity index (χ2v) is 5.82. The fourth-order valence-electron chi connectivity index (χ4n) is 2.35. The molecule has 0 radical (unpaired) electrons. The molecule has 0 spiro atoms. The summed E-state index contributed by atoms with van der Waals surface area (Å²) in [6.07, 6.45) is 1.76. The Labute approximate surface area is 144 Å². The first-order valence-electron chi connectivity index (χ1n) is 7.47. The molecule has 3 rings (SSSR count). The molecule has 0 bridgehead atoms. The third kappa shape index (κ3) is 3.42. The number of ether oxygens (including phenoxy) is 1. The molecular weight excluding hydrogens is 330 g/mol. The lowest BCUT2D eigenvalue weighted by Gasteiger charge is -2.11. The van der Waals surface area contributed by atoms with Gasteiger partial charge in [-0.25, -0.2) is 4.68 Å². The van der Waals surface area contributed by atoms with Crippen molar-refractivity contribution in [2.45, 2.75) is 26.5 Å². The minimum Gasteiger partial charge on any atom is -0.377 e. The molecule has 1 atom stereocenters. The summed E-state index contributed by atoms with van der Waals surface area (Å²) in [5.74, 6) is 1.02. The number of rotatable bonds is 6. The van der Waals surface area contributed by atoms with Crippen LogP contribution in [0.5, 0.6) is 0 Å². The van der Waals surface area contributed by atoms with Crippen LogP contribution in [0.1, 0.15) is 30.4 Å². The zero-order valence-corrected chi connectivity index (χ0v) is 14.4. The number of halogens is 1. The Kier molecular flexibility index (Phi) is 4.82. The summed E-state index contributed by atoms with van der Waals surface area (Å²) < 4.78 is 12.1. The predicted octanol–water partition coefficient (Wildman–Crippen LogP) is 3.54. The number of benzene rings is 1. The molecule has 0 saturated heterocycles. The minimum atomic E-state index is -0.154. The van der Waals surface area contributed by atoms with Gasteiger partial charge in [-0.05, 0) is 32.0 Å². The van der Waals surface area contributed by atoms with Crippen molar-refractivity contribution < 1.29 is 9.26 Å². The maximum absolute atomic E-state index is 6.05. The van der Waals surface area contributed by atoms with E-state index in [0.717, 1.165) is 17.1 Å². The van der Waals surface area contributed by atoms with E-state index in [1.807, 2.05) is 42.8 Å². The largest absolute Gasteiger partial charge is 0.377 e. The van der Waals surface area contributed by atoms with Crippen LogP contribution in [0.2, 0.25) is 5.02 Å². The summed E-state index contributed by atoms with van der Waals surface area (Å²) in [6, 6.07) is 7.39. The van der Waals surface area contributed by atoms with E-state index in [4.69, 9.17) is 20.9 Å². The second-order valence-electron chi connectivity index (χ2n) is 5.38. The lowest BCUT2D eigenvalue weighted by molar-refractivity contribution is 0.174. The van der Waals surface area contributed by atoms with Crippen LogP contribution in [-0.2, 0) is 11.3 Å². The Bertz CT molecular complexity index is 829. The molecule has 0 saturated carbocycles. The third-order valence-electron chi connectivity index (χ3n) is 3.56. The van der Waals surface area contributed by atoms with Gasteiger partial charge in [-0.1, -0.05) is 22.8 Å². The number of nitrogens with zero attached hydrogens (tertiary/aromatic N) is 4. The van der Waals surface area contributed by atoms with Gasteiger partial charge in [-0.2, -0.15) is 10.1 Å². The van der Waals surface area contributed by atoms with E-state index >= 15 is 0 Å². The highest BCUT2D eigenvalue weighted by molar-refractivity contribution is 6.30. The van der Waals surface area contributed by atoms with Gasteiger partial charge >= 0.3 is 0 Å². The Morgan fingerprint density at radius 1 is 1.42 bits per heavy atom. The van der Waals surface area contributed by atoms with Crippen molar-refractivity contribution in [3.05, 3.63) is 52.9 Å². The molecule has 24 heavy (non-hydrogen) atoms. The van der Waals surface area contributed by atoms with Crippen molar-refractivity contribution in [2.75, 3.05) is 12.4 Å². The summed E-state index contributed by atoms with van der Waals surface area (Å²) in [5, 5.41) is 12.3. The van der Waals surface area contributed by atoms with E-state index in [0.29, 0.717) is 23.3 Å². The number of nitrogens with one attached hydrogen (secondary N) is 1. The number of hydrogen-bond donors (Lipinski definition) is 1. The molecule has 0 aliphatic heterocycles. The van der Waals surface area contributed by atoms with E-state index in [9.17, 15) is 0 Å². The predicted molar refractivity (Wildman–Crippen MR) is 90.4 cm³/mol. The molecule has 3 aromatic rings. The summed E-state index contributed by atoms with van der Waals surface area (Å²) in [7, 11) is 1.59. The van der Waals surface area contributed by atoms with Crippen LogP contribution in [0.4, 0.5) is 5.69 Å². The lowest BCUT2D eigenvalue weighted by atomic mass is 10.3. The van der Waals surface area contributed by atoms with Gasteiger partial charge in [0.15, 0.2) is 5.82 Å². The quantitative estimate of drug-likeness (QED) is 0.734. The molecule has 1 unspecified atom stereocenters. The first-order chi connectivity index (χ1) is 11.6. The fourth-order valence-corrected chi connectivity index (χ4v) is 2.53. The van der Waals surface area contributed by atoms with E-state index < -0.39 is 0 Å². The van der Waals surface area contributed by atoms with E-state index in [1.54, 1.807) is 13.3 Å². The van der Waals surface area contributed by atoms with E-state index in [-0.39, 0.29) is 6.04 Å². The summed E-state index contributed by atoms with van der Waals surface area (Å²) >= 11 is 6.05. The summed E-state index contributed by atoms with van der Waals surface area (Å²) in [6.45, 7) is 4.25. The van der Waals surface area contributed by atoms with Gasteiger partial charge in [-0.15, -0.1) is 0 Å². The van der Waals surface area contributed by atoms with Crippen LogP contribution in [-0.4, -0.2) is 27.0 Å². The first-order valence-corrected chi connectivity index (χ1v) is 7.85. The van der Waals surface area contributed by atoms with Gasteiger partial charge < -0.3 is 14.6 Å². The van der Waals surface area contributed by atoms with Crippen LogP contribution in [0.3, 0.4) is 0 Å². The van der Waals surface area contributed by atoms with Crippen LogP contribution in [0.25, 0.3) is 5.69 Å². The maximum atomic E-state index is 6.05. The molecular formula is C16H18ClN5O2. The van der Waals surface area contributed by atoms with Crippen LogP contribution in [0, 0.1) is 6.92 Å². The Balaban J connectivity index is 1.78. The molecule has 0 fully saturated rings. The highest BCUT2D eigenvalue weighted by Crippen LogP contribution is 2.24. The number of aromatic nitrogens is 4. The zero-order valence-electron chi connectivity index (χ0n) is 13.7. The number of methoxy groups -OCH3 is 1. The van der Waals surface area contributed by atoms with Gasteiger partial charge in [0.05, 0.1) is 23.3 Å². The molecule has 1 N–H and O–H groups in total.